The molecule has 1 heterocycles. The Labute approximate surface area is 249 Å². The monoisotopic (exact) mass is 605 g/mol. The summed E-state index contributed by atoms with van der Waals surface area (Å²) < 4.78 is 49.7. The molecule has 0 aliphatic carbocycles. The van der Waals surface area contributed by atoms with Crippen molar-refractivity contribution in [2.45, 2.75) is 18.7 Å². The summed E-state index contributed by atoms with van der Waals surface area (Å²) in [6, 6.07) is 21.1. The standard InChI is InChI=1S/C31H31N3O8S/c1-5-41-31(36)23-10-8-22(9-11-23)27-16-14-25(42-27)19-32-33-30(35)20-34(24-12-6-21(2)7-13-24)43(37,38)26-15-17-28(39-3)29(18-26)40-4/h6-19H,5,20H2,1-4H3,(H,33,35)/b32-19-. The van der Waals surface area contributed by atoms with Crippen LogP contribution in [0.3, 0.4) is 0 Å². The number of hydrazone groups is 1. The van der Waals surface area contributed by atoms with Crippen molar-refractivity contribution in [1.82, 2.24) is 5.43 Å². The van der Waals surface area contributed by atoms with E-state index in [1.165, 1.54) is 38.6 Å². The molecule has 4 rings (SSSR count). The molecule has 0 saturated heterocycles. The lowest BCUT2D eigenvalue weighted by molar-refractivity contribution is -0.119. The van der Waals surface area contributed by atoms with Crippen LogP contribution in [0.4, 0.5) is 5.69 Å². The molecule has 3 aromatic carbocycles. The van der Waals surface area contributed by atoms with E-state index in [1.54, 1.807) is 67.6 Å². The maximum atomic E-state index is 13.7. The van der Waals surface area contributed by atoms with E-state index in [-0.39, 0.29) is 17.3 Å². The zero-order chi connectivity index (χ0) is 31.0. The van der Waals surface area contributed by atoms with Gasteiger partial charge >= 0.3 is 5.97 Å². The number of ether oxygens (including phenoxy) is 3. The van der Waals surface area contributed by atoms with Crippen LogP contribution in [0.25, 0.3) is 11.3 Å². The van der Waals surface area contributed by atoms with E-state index in [0.717, 1.165) is 15.4 Å². The molecule has 11 nitrogen and oxygen atoms in total. The number of aryl methyl sites for hydroxylation is 1. The van der Waals surface area contributed by atoms with Gasteiger partial charge in [-0.25, -0.2) is 18.6 Å². The lowest BCUT2D eigenvalue weighted by Gasteiger charge is -2.24. The first kappa shape index (κ1) is 30.8. The summed E-state index contributed by atoms with van der Waals surface area (Å²) in [5.41, 5.74) is 4.73. The molecule has 12 heteroatoms. The van der Waals surface area contributed by atoms with Gasteiger partial charge in [0, 0.05) is 11.6 Å². The van der Waals surface area contributed by atoms with Crippen LogP contribution in [-0.4, -0.2) is 53.9 Å². The molecule has 0 aliphatic rings. The number of anilines is 1. The quantitative estimate of drug-likeness (QED) is 0.138. The Morgan fingerprint density at radius 1 is 0.930 bits per heavy atom. The average Bonchev–Trinajstić information content (AvgIpc) is 3.49. The van der Waals surface area contributed by atoms with Crippen LogP contribution in [0.5, 0.6) is 11.5 Å². The second-order valence-electron chi connectivity index (χ2n) is 9.16. The molecule has 0 fully saturated rings. The highest BCUT2D eigenvalue weighted by Crippen LogP contribution is 2.32. The van der Waals surface area contributed by atoms with Crippen LogP contribution in [0.2, 0.25) is 0 Å². The summed E-state index contributed by atoms with van der Waals surface area (Å²) in [6.07, 6.45) is 1.30. The van der Waals surface area contributed by atoms with Crippen LogP contribution in [-0.2, 0) is 19.6 Å². The van der Waals surface area contributed by atoms with E-state index >= 15 is 0 Å². The van der Waals surface area contributed by atoms with Crippen LogP contribution >= 0.6 is 0 Å². The van der Waals surface area contributed by atoms with Crippen molar-refractivity contribution in [2.24, 2.45) is 5.10 Å². The van der Waals surface area contributed by atoms with Crippen LogP contribution in [0.15, 0.2) is 93.3 Å². The van der Waals surface area contributed by atoms with E-state index in [1.807, 2.05) is 6.92 Å². The van der Waals surface area contributed by atoms with E-state index in [0.29, 0.717) is 28.5 Å². The molecule has 0 saturated carbocycles. The number of sulfonamides is 1. The van der Waals surface area contributed by atoms with E-state index in [4.69, 9.17) is 18.6 Å². The first-order chi connectivity index (χ1) is 20.7. The Bertz CT molecular complexity index is 1710. The number of methoxy groups -OCH3 is 2. The summed E-state index contributed by atoms with van der Waals surface area (Å²) >= 11 is 0. The molecule has 0 atom stereocenters. The van der Waals surface area contributed by atoms with Crippen LogP contribution in [0.1, 0.15) is 28.6 Å². The van der Waals surface area contributed by atoms with Crippen molar-refractivity contribution in [1.29, 1.82) is 0 Å². The summed E-state index contributed by atoms with van der Waals surface area (Å²) in [4.78, 5) is 24.7. The topological polar surface area (TPSA) is 137 Å². The Morgan fingerprint density at radius 2 is 1.63 bits per heavy atom. The number of amides is 1. The number of carbonyl (C=O) groups excluding carboxylic acids is 2. The molecule has 0 aliphatic heterocycles. The van der Waals surface area contributed by atoms with Crippen LogP contribution < -0.4 is 19.2 Å². The van der Waals surface area contributed by atoms with Gasteiger partial charge in [-0.3, -0.25) is 9.10 Å². The molecule has 0 unspecified atom stereocenters. The number of hydrogen-bond donors (Lipinski definition) is 1. The minimum Gasteiger partial charge on any atom is -0.493 e. The molecule has 1 amide bonds. The molecule has 224 valence electrons. The van der Waals surface area contributed by atoms with Crippen molar-refractivity contribution < 1.29 is 36.6 Å². The number of carbonyl (C=O) groups is 2. The number of hydrogen-bond acceptors (Lipinski definition) is 9. The highest BCUT2D eigenvalue weighted by atomic mass is 32.2. The first-order valence-corrected chi connectivity index (χ1v) is 14.6. The fourth-order valence-electron chi connectivity index (χ4n) is 4.03. The molecule has 1 aromatic heterocycles. The number of esters is 1. The second kappa shape index (κ2) is 13.7. The minimum atomic E-state index is -4.20. The zero-order valence-electron chi connectivity index (χ0n) is 24.1. The normalized spacial score (nSPS) is 11.3. The number of nitrogens with zero attached hydrogens (tertiary/aromatic N) is 2. The third kappa shape index (κ3) is 7.41. The van der Waals surface area contributed by atoms with E-state index < -0.39 is 28.4 Å². The summed E-state index contributed by atoms with van der Waals surface area (Å²) in [5, 5.41) is 3.93. The Morgan fingerprint density at radius 3 is 2.28 bits per heavy atom. The number of nitrogens with one attached hydrogen (secondary N) is 1. The van der Waals surface area contributed by atoms with Crippen molar-refractivity contribution in [3.63, 3.8) is 0 Å². The number of furan rings is 1. The molecule has 0 spiro atoms. The van der Waals surface area contributed by atoms with Gasteiger partial charge in [0.25, 0.3) is 15.9 Å². The first-order valence-electron chi connectivity index (χ1n) is 13.2. The minimum absolute atomic E-state index is 0.0829. The maximum absolute atomic E-state index is 13.7. The van der Waals surface area contributed by atoms with Gasteiger partial charge in [0.05, 0.1) is 43.2 Å². The van der Waals surface area contributed by atoms with Crippen molar-refractivity contribution in [3.8, 4) is 22.8 Å². The fourth-order valence-corrected chi connectivity index (χ4v) is 5.46. The summed E-state index contributed by atoms with van der Waals surface area (Å²) in [6.45, 7) is 3.35. The molecule has 0 bridgehead atoms. The predicted octanol–water partition coefficient (Wildman–Crippen LogP) is 4.79. The van der Waals surface area contributed by atoms with Gasteiger partial charge in [0.15, 0.2) is 11.5 Å². The van der Waals surface area contributed by atoms with Gasteiger partial charge in [0.2, 0.25) is 0 Å². The van der Waals surface area contributed by atoms with Gasteiger partial charge in [-0.05, 0) is 62.4 Å². The van der Waals surface area contributed by atoms with Crippen LogP contribution in [0, 0.1) is 6.92 Å². The Kier molecular flexibility index (Phi) is 9.83. The Balaban J connectivity index is 1.48. The predicted molar refractivity (Wildman–Crippen MR) is 161 cm³/mol. The third-order valence-corrected chi connectivity index (χ3v) is 8.01. The molecular weight excluding hydrogens is 574 g/mol. The highest BCUT2D eigenvalue weighted by molar-refractivity contribution is 7.92. The largest absolute Gasteiger partial charge is 0.493 e. The van der Waals surface area contributed by atoms with Gasteiger partial charge < -0.3 is 18.6 Å². The smallest absolute Gasteiger partial charge is 0.338 e. The molecular formula is C31H31N3O8S. The number of benzene rings is 3. The van der Waals surface area contributed by atoms with Crippen molar-refractivity contribution >= 4 is 33.8 Å². The SMILES string of the molecule is CCOC(=O)c1ccc(-c2ccc(/C=N\NC(=O)CN(c3ccc(C)cc3)S(=O)(=O)c3ccc(OC)c(OC)c3)o2)cc1. The molecule has 4 aromatic rings. The molecule has 0 radical (unpaired) electrons. The average molecular weight is 606 g/mol. The summed E-state index contributed by atoms with van der Waals surface area (Å²) in [7, 11) is -1.35. The Hall–Kier alpha value is -5.10. The van der Waals surface area contributed by atoms with Gasteiger partial charge in [-0.2, -0.15) is 5.10 Å². The van der Waals surface area contributed by atoms with Gasteiger partial charge in [-0.1, -0.05) is 29.8 Å². The molecule has 1 N–H and O–H groups in total. The van der Waals surface area contributed by atoms with Crippen molar-refractivity contribution in [2.75, 3.05) is 31.7 Å². The summed E-state index contributed by atoms with van der Waals surface area (Å²) in [5.74, 6) is 0.379. The van der Waals surface area contributed by atoms with Gasteiger partial charge in [0.1, 0.15) is 18.1 Å². The lowest BCUT2D eigenvalue weighted by Crippen LogP contribution is -2.39. The maximum Gasteiger partial charge on any atom is 0.338 e. The molecule has 43 heavy (non-hydrogen) atoms. The van der Waals surface area contributed by atoms with Gasteiger partial charge in [-0.15, -0.1) is 0 Å². The second-order valence-corrected chi connectivity index (χ2v) is 11.0. The van der Waals surface area contributed by atoms with E-state index in [2.05, 4.69) is 10.5 Å². The highest BCUT2D eigenvalue weighted by Gasteiger charge is 2.28. The zero-order valence-corrected chi connectivity index (χ0v) is 24.9. The van der Waals surface area contributed by atoms with Crippen molar-refractivity contribution in [3.05, 3.63) is 95.7 Å². The third-order valence-electron chi connectivity index (χ3n) is 6.24. The van der Waals surface area contributed by atoms with E-state index in [9.17, 15) is 18.0 Å². The number of rotatable bonds is 12. The fraction of sp³-hybridized carbons (Fsp3) is 0.194. The lowest BCUT2D eigenvalue weighted by atomic mass is 10.1.